The van der Waals surface area contributed by atoms with Gasteiger partial charge in [0.2, 0.25) is 0 Å². The van der Waals surface area contributed by atoms with Gasteiger partial charge in [0.25, 0.3) is 0 Å². The molecular formula is C76H66N8. The second-order valence-corrected chi connectivity index (χ2v) is 26.5. The van der Waals surface area contributed by atoms with E-state index in [0.717, 1.165) is 93.9 Å². The summed E-state index contributed by atoms with van der Waals surface area (Å²) in [5.74, 6) is 1.61. The third-order valence-corrected chi connectivity index (χ3v) is 16.4. The molecule has 3 aromatic heterocycles. The Morgan fingerprint density at radius 1 is 0.298 bits per heavy atom. The van der Waals surface area contributed by atoms with Crippen molar-refractivity contribution < 1.29 is 0 Å². The van der Waals surface area contributed by atoms with E-state index < -0.39 is 0 Å². The third kappa shape index (κ3) is 9.86. The van der Waals surface area contributed by atoms with Crippen molar-refractivity contribution in [2.24, 2.45) is 0 Å². The average Bonchev–Trinajstić information content (AvgIpc) is 1.67. The van der Waals surface area contributed by atoms with Crippen LogP contribution in [0.3, 0.4) is 0 Å². The zero-order chi connectivity index (χ0) is 59.2. The quantitative estimate of drug-likeness (QED) is 0.157. The second-order valence-electron chi connectivity index (χ2n) is 26.5. The van der Waals surface area contributed by atoms with E-state index in [4.69, 9.17) is 15.0 Å². The molecule has 0 saturated carbocycles. The predicted molar refractivity (Wildman–Crippen MR) is 345 cm³/mol. The van der Waals surface area contributed by atoms with Crippen molar-refractivity contribution in [1.29, 1.82) is 15.8 Å². The van der Waals surface area contributed by atoms with Crippen LogP contribution in [-0.4, -0.2) is 24.1 Å². The fourth-order valence-electron chi connectivity index (χ4n) is 11.6. The molecule has 84 heavy (non-hydrogen) atoms. The molecule has 0 amide bonds. The molecule has 0 aliphatic rings. The average molecular weight is 1090 g/mol. The number of nitriles is 3. The molecule has 0 atom stereocenters. The molecule has 8 heteroatoms. The van der Waals surface area contributed by atoms with Gasteiger partial charge in [-0.05, 0) is 170 Å². The van der Waals surface area contributed by atoms with Crippen LogP contribution in [0.1, 0.15) is 122 Å². The van der Waals surface area contributed by atoms with Gasteiger partial charge in [0, 0.05) is 43.8 Å². The maximum absolute atomic E-state index is 10.3. The lowest BCUT2D eigenvalue weighted by Crippen LogP contribution is -2.17. The zero-order valence-electron chi connectivity index (χ0n) is 49.9. The number of aromatic nitrogens is 5. The van der Waals surface area contributed by atoms with Crippen LogP contribution in [0.2, 0.25) is 0 Å². The van der Waals surface area contributed by atoms with Crippen LogP contribution in [0.25, 0.3) is 111 Å². The smallest absolute Gasteiger partial charge is 0.166 e. The topological polar surface area (TPSA) is 120 Å². The van der Waals surface area contributed by atoms with Gasteiger partial charge in [-0.1, -0.05) is 156 Å². The summed E-state index contributed by atoms with van der Waals surface area (Å²) >= 11 is 0. The highest BCUT2D eigenvalue weighted by Crippen LogP contribution is 2.44. The fourth-order valence-corrected chi connectivity index (χ4v) is 11.6. The van der Waals surface area contributed by atoms with Crippen LogP contribution in [0.15, 0.2) is 182 Å². The minimum atomic E-state index is -0.183. The monoisotopic (exact) mass is 1090 g/mol. The summed E-state index contributed by atoms with van der Waals surface area (Å²) in [5.41, 5.74) is 17.6. The first-order chi connectivity index (χ1) is 40.0. The lowest BCUT2D eigenvalue weighted by atomic mass is 9.79. The van der Waals surface area contributed by atoms with Crippen molar-refractivity contribution in [2.75, 3.05) is 0 Å². The van der Waals surface area contributed by atoms with Crippen LogP contribution >= 0.6 is 0 Å². The summed E-state index contributed by atoms with van der Waals surface area (Å²) < 4.78 is 4.58. The molecule has 0 fully saturated rings. The Kier molecular flexibility index (Phi) is 13.1. The van der Waals surface area contributed by atoms with E-state index in [0.29, 0.717) is 34.2 Å². The fraction of sp³-hybridized carbons (Fsp3) is 0.211. The van der Waals surface area contributed by atoms with Crippen molar-refractivity contribution in [3.8, 4) is 86.0 Å². The number of fused-ring (bicyclic) bond motifs is 6. The minimum absolute atomic E-state index is 0.183. The number of benzene rings is 9. The zero-order valence-corrected chi connectivity index (χ0v) is 49.9. The van der Waals surface area contributed by atoms with E-state index in [9.17, 15) is 15.8 Å². The lowest BCUT2D eigenvalue weighted by Gasteiger charge is -2.26. The normalized spacial score (nSPS) is 12.2. The first kappa shape index (κ1) is 54.6. The van der Waals surface area contributed by atoms with Crippen LogP contribution in [-0.2, 0) is 21.7 Å². The molecule has 0 aliphatic carbocycles. The van der Waals surface area contributed by atoms with Crippen molar-refractivity contribution in [1.82, 2.24) is 24.1 Å². The van der Waals surface area contributed by atoms with E-state index >= 15 is 0 Å². The van der Waals surface area contributed by atoms with Crippen molar-refractivity contribution in [2.45, 2.75) is 105 Å². The van der Waals surface area contributed by atoms with Gasteiger partial charge < -0.3 is 9.13 Å². The lowest BCUT2D eigenvalue weighted by molar-refractivity contribution is 0.568. The molecule has 0 aliphatic heterocycles. The summed E-state index contributed by atoms with van der Waals surface area (Å²) in [4.78, 5) is 16.9. The van der Waals surface area contributed by atoms with Gasteiger partial charge in [0.05, 0.1) is 68.3 Å². The molecule has 0 bridgehead atoms. The molecule has 0 spiro atoms. The number of hydrogen-bond acceptors (Lipinski definition) is 6. The molecule has 0 saturated heterocycles. The third-order valence-electron chi connectivity index (χ3n) is 16.4. The van der Waals surface area contributed by atoms with E-state index in [1.807, 2.05) is 72.8 Å². The molecule has 0 N–H and O–H groups in total. The molecule has 9 aromatic carbocycles. The predicted octanol–water partition coefficient (Wildman–Crippen LogP) is 19.2. The minimum Gasteiger partial charge on any atom is -0.309 e. The Morgan fingerprint density at radius 3 is 1.13 bits per heavy atom. The Balaban J connectivity index is 1.23. The van der Waals surface area contributed by atoms with Crippen LogP contribution in [0.5, 0.6) is 0 Å². The van der Waals surface area contributed by atoms with Gasteiger partial charge in [-0.25, -0.2) is 15.0 Å². The molecule has 410 valence electrons. The van der Waals surface area contributed by atoms with Gasteiger partial charge in [0.15, 0.2) is 17.5 Å². The molecule has 3 heterocycles. The van der Waals surface area contributed by atoms with Gasteiger partial charge in [-0.3, -0.25) is 0 Å². The second kappa shape index (κ2) is 20.2. The first-order valence-electron chi connectivity index (χ1n) is 28.7. The van der Waals surface area contributed by atoms with Crippen LogP contribution in [0, 0.1) is 34.0 Å². The van der Waals surface area contributed by atoms with E-state index in [1.165, 1.54) is 22.3 Å². The molecule has 12 rings (SSSR count). The highest BCUT2D eigenvalue weighted by atomic mass is 15.1. The van der Waals surface area contributed by atoms with Crippen molar-refractivity contribution in [3.05, 3.63) is 221 Å². The van der Waals surface area contributed by atoms with Crippen molar-refractivity contribution >= 4 is 43.6 Å². The van der Waals surface area contributed by atoms with Crippen LogP contribution < -0.4 is 0 Å². The Bertz CT molecular complexity index is 4650. The summed E-state index contributed by atoms with van der Waals surface area (Å²) in [7, 11) is 0. The molecule has 0 unspecified atom stereocenters. The van der Waals surface area contributed by atoms with Gasteiger partial charge in [-0.15, -0.1) is 0 Å². The highest BCUT2D eigenvalue weighted by molar-refractivity contribution is 6.11. The van der Waals surface area contributed by atoms with Gasteiger partial charge in [-0.2, -0.15) is 15.8 Å². The van der Waals surface area contributed by atoms with Crippen molar-refractivity contribution in [3.63, 3.8) is 0 Å². The summed E-state index contributed by atoms with van der Waals surface area (Å²) in [6.45, 7) is 27.1. The first-order valence-corrected chi connectivity index (χ1v) is 28.7. The summed E-state index contributed by atoms with van der Waals surface area (Å²) in [6, 6.07) is 70.2. The number of nitrogens with zero attached hydrogens (tertiary/aromatic N) is 8. The Morgan fingerprint density at radius 2 is 0.679 bits per heavy atom. The van der Waals surface area contributed by atoms with Gasteiger partial charge >= 0.3 is 0 Å². The maximum atomic E-state index is 10.3. The molecule has 8 nitrogen and oxygen atoms in total. The van der Waals surface area contributed by atoms with Crippen LogP contribution in [0.4, 0.5) is 0 Å². The highest BCUT2D eigenvalue weighted by Gasteiger charge is 2.28. The largest absolute Gasteiger partial charge is 0.309 e. The Hall–Kier alpha value is -9.94. The number of rotatable bonds is 7. The van der Waals surface area contributed by atoms with Gasteiger partial charge in [0.1, 0.15) is 0 Å². The maximum Gasteiger partial charge on any atom is 0.166 e. The number of hydrogen-bond donors (Lipinski definition) is 0. The van der Waals surface area contributed by atoms with E-state index in [-0.39, 0.29) is 21.7 Å². The standard InChI is InChI=1S/C76H66N8/c1-73(2,3)54-35-52(36-55(41-54)74(4,5)6)70-80-71(53-37-56(75(7,8)9)42-57(38-53)76(10,11)12)82-72(81-70)63-40-51(27-31-69(63)84-65-23-16-14-21-59(65)62-34-48(45-79)25-29-68(62)84)60-39-50(49-19-17-18-46(32-49)43-77)26-30-66(60)83-64-22-15-13-20-58(64)61-33-47(44-78)24-28-67(61)83/h13-42H,1-12H3. The molecule has 0 radical (unpaired) electrons. The summed E-state index contributed by atoms with van der Waals surface area (Å²) in [5, 5.41) is 34.5. The van der Waals surface area contributed by atoms with E-state index in [1.54, 1.807) is 0 Å². The molecule has 12 aromatic rings. The summed E-state index contributed by atoms with van der Waals surface area (Å²) in [6.07, 6.45) is 0. The van der Waals surface area contributed by atoms with E-state index in [2.05, 4.69) is 220 Å². The Labute approximate surface area is 492 Å². The molecular weight excluding hydrogens is 1020 g/mol. The number of para-hydroxylation sites is 2. The SMILES string of the molecule is CC(C)(C)c1cc(-c2nc(-c3cc(C(C)(C)C)cc(C(C)(C)C)c3)nc(-c3cc(-c4cc(-c5cccc(C#N)c5)ccc4-n4c5ccccc5c5cc(C#N)ccc54)ccc3-n3c4ccccc4c4cc(C#N)ccc43)n2)cc(C(C)(C)C)c1.